The molecule has 0 bridgehead atoms. The molecule has 0 amide bonds. The molecule has 0 aliphatic heterocycles. The van der Waals surface area contributed by atoms with Crippen molar-refractivity contribution in [2.45, 2.75) is 20.3 Å². The Kier molecular flexibility index (Phi) is 5.65. The van der Waals surface area contributed by atoms with Crippen molar-refractivity contribution in [1.82, 2.24) is 4.98 Å². The average molecular weight is 274 g/mol. The van der Waals surface area contributed by atoms with Gasteiger partial charge in [-0.05, 0) is 34.8 Å². The molecule has 0 aromatic carbocycles. The Morgan fingerprint density at radius 3 is 2.80 bits per heavy atom. The molecule has 0 saturated carbocycles. The molecule has 84 valence electrons. The lowest BCUT2D eigenvalue weighted by Crippen LogP contribution is -2.08. The fourth-order valence-electron chi connectivity index (χ4n) is 1.04. The van der Waals surface area contributed by atoms with Crippen molar-refractivity contribution in [2.75, 3.05) is 19.8 Å². The summed E-state index contributed by atoms with van der Waals surface area (Å²) in [5.74, 6) is 0.649. The van der Waals surface area contributed by atoms with Crippen molar-refractivity contribution >= 4 is 15.9 Å². The monoisotopic (exact) mass is 273 g/mol. The Balaban J connectivity index is 2.28. The number of ether oxygens (including phenoxy) is 2. The van der Waals surface area contributed by atoms with Gasteiger partial charge in [-0.25, -0.2) is 4.98 Å². The maximum atomic E-state index is 5.43. The van der Waals surface area contributed by atoms with Gasteiger partial charge in [0.1, 0.15) is 6.61 Å². The van der Waals surface area contributed by atoms with Gasteiger partial charge in [0.25, 0.3) is 0 Å². The van der Waals surface area contributed by atoms with Crippen LogP contribution in [0.4, 0.5) is 0 Å². The SMILES string of the molecule is CCCOCCOc1cc(C)c(Br)cn1. The lowest BCUT2D eigenvalue weighted by Gasteiger charge is -2.06. The van der Waals surface area contributed by atoms with E-state index in [1.165, 1.54) is 0 Å². The van der Waals surface area contributed by atoms with Crippen LogP contribution in [0.5, 0.6) is 5.88 Å². The Hall–Kier alpha value is -0.610. The van der Waals surface area contributed by atoms with Crippen LogP contribution >= 0.6 is 15.9 Å². The van der Waals surface area contributed by atoms with Crippen molar-refractivity contribution in [2.24, 2.45) is 0 Å². The third-order valence-corrected chi connectivity index (χ3v) is 2.68. The predicted octanol–water partition coefficient (Wildman–Crippen LogP) is 2.96. The number of hydrogen-bond donors (Lipinski definition) is 0. The standard InChI is InChI=1S/C11H16BrNO2/c1-3-4-14-5-6-15-11-7-9(2)10(12)8-13-11/h7-8H,3-6H2,1-2H3. The van der Waals surface area contributed by atoms with Crippen LogP contribution in [0.2, 0.25) is 0 Å². The number of nitrogens with zero attached hydrogens (tertiary/aromatic N) is 1. The van der Waals surface area contributed by atoms with Gasteiger partial charge in [0, 0.05) is 23.3 Å². The highest BCUT2D eigenvalue weighted by Crippen LogP contribution is 2.18. The van der Waals surface area contributed by atoms with Gasteiger partial charge in [-0.2, -0.15) is 0 Å². The number of rotatable bonds is 6. The lowest BCUT2D eigenvalue weighted by molar-refractivity contribution is 0.0990. The molecule has 1 rings (SSSR count). The van der Waals surface area contributed by atoms with Gasteiger partial charge in [0.2, 0.25) is 5.88 Å². The molecule has 1 aromatic rings. The minimum absolute atomic E-state index is 0.550. The zero-order chi connectivity index (χ0) is 11.1. The summed E-state index contributed by atoms with van der Waals surface area (Å²) in [6, 6.07) is 1.91. The second-order valence-electron chi connectivity index (χ2n) is 3.23. The molecule has 0 aliphatic rings. The fraction of sp³-hybridized carbons (Fsp3) is 0.545. The lowest BCUT2D eigenvalue weighted by atomic mass is 10.3. The van der Waals surface area contributed by atoms with Crippen molar-refractivity contribution in [3.05, 3.63) is 22.3 Å². The first kappa shape index (κ1) is 12.5. The van der Waals surface area contributed by atoms with E-state index in [9.17, 15) is 0 Å². The first-order valence-corrected chi connectivity index (χ1v) is 5.86. The summed E-state index contributed by atoms with van der Waals surface area (Å²) in [7, 11) is 0. The number of halogens is 1. The molecule has 0 atom stereocenters. The van der Waals surface area contributed by atoms with E-state index < -0.39 is 0 Å². The third-order valence-electron chi connectivity index (χ3n) is 1.85. The van der Waals surface area contributed by atoms with Crippen LogP contribution in [0.3, 0.4) is 0 Å². The summed E-state index contributed by atoms with van der Waals surface area (Å²) < 4.78 is 11.7. The van der Waals surface area contributed by atoms with Gasteiger partial charge in [-0.3, -0.25) is 0 Å². The summed E-state index contributed by atoms with van der Waals surface area (Å²) >= 11 is 3.39. The van der Waals surface area contributed by atoms with E-state index in [0.29, 0.717) is 19.1 Å². The fourth-order valence-corrected chi connectivity index (χ4v) is 1.26. The summed E-state index contributed by atoms with van der Waals surface area (Å²) in [4.78, 5) is 4.13. The molecule has 1 aromatic heterocycles. The Morgan fingerprint density at radius 1 is 1.33 bits per heavy atom. The second kappa shape index (κ2) is 6.80. The van der Waals surface area contributed by atoms with Crippen LogP contribution in [0.25, 0.3) is 0 Å². The van der Waals surface area contributed by atoms with Crippen LogP contribution in [-0.4, -0.2) is 24.8 Å². The van der Waals surface area contributed by atoms with E-state index in [1.807, 2.05) is 13.0 Å². The van der Waals surface area contributed by atoms with Crippen LogP contribution in [0.1, 0.15) is 18.9 Å². The third kappa shape index (κ3) is 4.62. The molecule has 0 aliphatic carbocycles. The van der Waals surface area contributed by atoms with E-state index >= 15 is 0 Å². The maximum absolute atomic E-state index is 5.43. The van der Waals surface area contributed by atoms with Crippen LogP contribution < -0.4 is 4.74 Å². The topological polar surface area (TPSA) is 31.4 Å². The highest BCUT2D eigenvalue weighted by Gasteiger charge is 1.99. The molecule has 4 heteroatoms. The zero-order valence-electron chi connectivity index (χ0n) is 9.12. The van der Waals surface area contributed by atoms with Gasteiger partial charge in [0.15, 0.2) is 0 Å². The molecule has 0 unspecified atom stereocenters. The van der Waals surface area contributed by atoms with Crippen molar-refractivity contribution in [1.29, 1.82) is 0 Å². The first-order chi connectivity index (χ1) is 7.24. The van der Waals surface area contributed by atoms with Crippen LogP contribution in [0.15, 0.2) is 16.7 Å². The maximum Gasteiger partial charge on any atom is 0.213 e. The molecular weight excluding hydrogens is 258 g/mol. The molecule has 0 saturated heterocycles. The van der Waals surface area contributed by atoms with Gasteiger partial charge < -0.3 is 9.47 Å². The minimum atomic E-state index is 0.550. The predicted molar refractivity (Wildman–Crippen MR) is 63.3 cm³/mol. The molecule has 15 heavy (non-hydrogen) atoms. The molecule has 0 N–H and O–H groups in total. The quantitative estimate of drug-likeness (QED) is 0.747. The highest BCUT2D eigenvalue weighted by molar-refractivity contribution is 9.10. The van der Waals surface area contributed by atoms with Crippen LogP contribution in [-0.2, 0) is 4.74 Å². The van der Waals surface area contributed by atoms with E-state index in [1.54, 1.807) is 6.20 Å². The van der Waals surface area contributed by atoms with E-state index in [0.717, 1.165) is 23.1 Å². The molecule has 0 spiro atoms. The number of pyridine rings is 1. The van der Waals surface area contributed by atoms with Crippen molar-refractivity contribution in [3.63, 3.8) is 0 Å². The summed E-state index contributed by atoms with van der Waals surface area (Å²) in [5, 5.41) is 0. The van der Waals surface area contributed by atoms with Gasteiger partial charge >= 0.3 is 0 Å². The minimum Gasteiger partial charge on any atom is -0.475 e. The first-order valence-electron chi connectivity index (χ1n) is 5.06. The van der Waals surface area contributed by atoms with E-state index in [4.69, 9.17) is 9.47 Å². The molecule has 1 heterocycles. The van der Waals surface area contributed by atoms with Gasteiger partial charge in [-0.15, -0.1) is 0 Å². The molecule has 3 nitrogen and oxygen atoms in total. The Bertz CT molecular complexity index is 305. The van der Waals surface area contributed by atoms with Crippen molar-refractivity contribution in [3.8, 4) is 5.88 Å². The Morgan fingerprint density at radius 2 is 2.13 bits per heavy atom. The van der Waals surface area contributed by atoms with Crippen LogP contribution in [0, 0.1) is 6.92 Å². The largest absolute Gasteiger partial charge is 0.475 e. The van der Waals surface area contributed by atoms with E-state index in [2.05, 4.69) is 27.8 Å². The van der Waals surface area contributed by atoms with E-state index in [-0.39, 0.29) is 0 Å². The number of aryl methyl sites for hydroxylation is 1. The smallest absolute Gasteiger partial charge is 0.213 e. The summed E-state index contributed by atoms with van der Waals surface area (Å²) in [6.07, 6.45) is 2.78. The summed E-state index contributed by atoms with van der Waals surface area (Å²) in [5.41, 5.74) is 1.12. The zero-order valence-corrected chi connectivity index (χ0v) is 10.7. The van der Waals surface area contributed by atoms with Crippen molar-refractivity contribution < 1.29 is 9.47 Å². The molecule has 0 radical (unpaired) electrons. The molecular formula is C11H16BrNO2. The van der Waals surface area contributed by atoms with Gasteiger partial charge in [-0.1, -0.05) is 6.92 Å². The average Bonchev–Trinajstić information content (AvgIpc) is 2.23. The molecule has 0 fully saturated rings. The van der Waals surface area contributed by atoms with Gasteiger partial charge in [0.05, 0.1) is 6.61 Å². The number of hydrogen-bond acceptors (Lipinski definition) is 3. The number of aromatic nitrogens is 1. The normalized spacial score (nSPS) is 10.3. The highest BCUT2D eigenvalue weighted by atomic mass is 79.9. The second-order valence-corrected chi connectivity index (χ2v) is 4.09. The summed E-state index contributed by atoms with van der Waals surface area (Å²) in [6.45, 7) is 6.04. The Labute approximate surface area is 98.9 Å².